The number of hydrogen-bond donors (Lipinski definition) is 2. The molecule has 2 N–H and O–H groups in total. The summed E-state index contributed by atoms with van der Waals surface area (Å²) in [5.74, 6) is 0.557. The third-order valence-corrected chi connectivity index (χ3v) is 7.92. The van der Waals surface area contributed by atoms with Crippen molar-refractivity contribution in [3.05, 3.63) is 101 Å². The lowest BCUT2D eigenvalue weighted by Gasteiger charge is -2.25. The molecule has 0 unspecified atom stereocenters. The lowest BCUT2D eigenvalue weighted by Crippen LogP contribution is -2.22. The molecule has 0 saturated carbocycles. The van der Waals surface area contributed by atoms with E-state index in [0.29, 0.717) is 26.2 Å². The normalized spacial score (nSPS) is 12.8. The maximum Gasteiger partial charge on any atom is 0.189 e. The first-order valence-corrected chi connectivity index (χ1v) is 15.3. The SMILES string of the molecule is CS(=O)(=O)CCNCc1csc(N2C=Cc3cncc(Nc4ccc(OCc5ccc(F)cc5)cc4)c3C2)n1. The van der Waals surface area contributed by atoms with Crippen LogP contribution in [0.1, 0.15) is 22.4 Å². The minimum atomic E-state index is -2.99. The second kappa shape index (κ2) is 11.9. The highest BCUT2D eigenvalue weighted by Crippen LogP contribution is 2.32. The molecule has 0 saturated heterocycles. The molecule has 0 bridgehead atoms. The highest BCUT2D eigenvalue weighted by atomic mass is 32.2. The first kappa shape index (κ1) is 26.8. The Morgan fingerprint density at radius 3 is 2.67 bits per heavy atom. The van der Waals surface area contributed by atoms with Crippen LogP contribution in [0, 0.1) is 5.82 Å². The molecule has 8 nitrogen and oxygen atoms in total. The van der Waals surface area contributed by atoms with Crippen LogP contribution in [0.5, 0.6) is 5.75 Å². The zero-order valence-electron chi connectivity index (χ0n) is 21.3. The maximum atomic E-state index is 13.1. The van der Waals surface area contributed by atoms with Crippen molar-refractivity contribution in [3.63, 3.8) is 0 Å². The van der Waals surface area contributed by atoms with Crippen molar-refractivity contribution in [2.75, 3.05) is 28.8 Å². The van der Waals surface area contributed by atoms with Crippen LogP contribution in [0.25, 0.3) is 6.08 Å². The average molecular weight is 566 g/mol. The molecule has 39 heavy (non-hydrogen) atoms. The molecule has 4 aromatic rings. The van der Waals surface area contributed by atoms with Crippen molar-refractivity contribution in [1.29, 1.82) is 0 Å². The summed E-state index contributed by atoms with van der Waals surface area (Å²) in [6.07, 6.45) is 8.92. The molecule has 0 aliphatic carbocycles. The van der Waals surface area contributed by atoms with Gasteiger partial charge >= 0.3 is 0 Å². The predicted molar refractivity (Wildman–Crippen MR) is 153 cm³/mol. The molecule has 0 spiro atoms. The van der Waals surface area contributed by atoms with Gasteiger partial charge in [-0.05, 0) is 48.0 Å². The lowest BCUT2D eigenvalue weighted by atomic mass is 10.1. The summed E-state index contributed by atoms with van der Waals surface area (Å²) < 4.78 is 41.5. The average Bonchev–Trinajstić information content (AvgIpc) is 3.40. The van der Waals surface area contributed by atoms with Crippen molar-refractivity contribution in [2.45, 2.75) is 19.7 Å². The van der Waals surface area contributed by atoms with Gasteiger partial charge < -0.3 is 20.3 Å². The summed E-state index contributed by atoms with van der Waals surface area (Å²) in [6.45, 7) is 1.90. The smallest absolute Gasteiger partial charge is 0.189 e. The summed E-state index contributed by atoms with van der Waals surface area (Å²) in [5.41, 5.74) is 5.71. The van der Waals surface area contributed by atoms with Gasteiger partial charge in [-0.2, -0.15) is 0 Å². The first-order chi connectivity index (χ1) is 18.8. The molecule has 0 fully saturated rings. The quantitative estimate of drug-likeness (QED) is 0.242. The van der Waals surface area contributed by atoms with E-state index in [2.05, 4.69) is 20.5 Å². The van der Waals surface area contributed by atoms with E-state index in [9.17, 15) is 12.8 Å². The van der Waals surface area contributed by atoms with E-state index in [4.69, 9.17) is 9.72 Å². The molecule has 2 aromatic heterocycles. The fourth-order valence-electron chi connectivity index (χ4n) is 3.98. The molecule has 5 rings (SSSR count). The van der Waals surface area contributed by atoms with Crippen molar-refractivity contribution >= 4 is 43.8 Å². The number of sulfone groups is 1. The Morgan fingerprint density at radius 2 is 1.90 bits per heavy atom. The summed E-state index contributed by atoms with van der Waals surface area (Å²) >= 11 is 1.55. The summed E-state index contributed by atoms with van der Waals surface area (Å²) in [5, 5.41) is 9.45. The number of benzene rings is 2. The second-order valence-electron chi connectivity index (χ2n) is 9.19. The second-order valence-corrected chi connectivity index (χ2v) is 12.3. The monoisotopic (exact) mass is 565 g/mol. The van der Waals surface area contributed by atoms with Crippen LogP contribution in [-0.4, -0.2) is 36.9 Å². The van der Waals surface area contributed by atoms with E-state index in [1.54, 1.807) is 23.5 Å². The van der Waals surface area contributed by atoms with Crippen LogP contribution < -0.4 is 20.3 Å². The Bertz CT molecular complexity index is 1560. The predicted octanol–water partition coefficient (Wildman–Crippen LogP) is 5.12. The molecule has 0 radical (unpaired) electrons. The van der Waals surface area contributed by atoms with E-state index in [1.165, 1.54) is 18.4 Å². The minimum Gasteiger partial charge on any atom is -0.489 e. The highest BCUT2D eigenvalue weighted by molar-refractivity contribution is 7.90. The van der Waals surface area contributed by atoms with Gasteiger partial charge in [-0.1, -0.05) is 12.1 Å². The van der Waals surface area contributed by atoms with Crippen molar-refractivity contribution in [3.8, 4) is 5.75 Å². The molecule has 3 heterocycles. The number of halogens is 1. The number of rotatable bonds is 11. The molecule has 0 amide bonds. The zero-order valence-corrected chi connectivity index (χ0v) is 22.9. The van der Waals surface area contributed by atoms with E-state index in [-0.39, 0.29) is 11.6 Å². The third kappa shape index (κ3) is 7.41. The van der Waals surface area contributed by atoms with E-state index < -0.39 is 9.84 Å². The van der Waals surface area contributed by atoms with Gasteiger partial charge in [-0.25, -0.2) is 17.8 Å². The number of aromatic nitrogens is 2. The molecule has 1 aliphatic rings. The van der Waals surface area contributed by atoms with Crippen LogP contribution in [0.4, 0.5) is 20.9 Å². The Balaban J connectivity index is 1.20. The fourth-order valence-corrected chi connectivity index (χ4v) is 5.30. The van der Waals surface area contributed by atoms with Crippen LogP contribution in [-0.2, 0) is 29.5 Å². The molecule has 202 valence electrons. The maximum absolute atomic E-state index is 13.1. The van der Waals surface area contributed by atoms with Crippen molar-refractivity contribution in [2.24, 2.45) is 0 Å². The van der Waals surface area contributed by atoms with Gasteiger partial charge in [0.25, 0.3) is 0 Å². The number of pyridine rings is 1. The third-order valence-electron chi connectivity index (χ3n) is 6.05. The lowest BCUT2D eigenvalue weighted by molar-refractivity contribution is 0.306. The molecular formula is C28H28FN5O3S2. The molecule has 0 atom stereocenters. The Kier molecular flexibility index (Phi) is 8.20. The van der Waals surface area contributed by atoms with Crippen molar-refractivity contribution in [1.82, 2.24) is 15.3 Å². The number of anilines is 3. The minimum absolute atomic E-state index is 0.102. The van der Waals surface area contributed by atoms with Gasteiger partial charge in [-0.3, -0.25) is 4.98 Å². The number of nitrogens with one attached hydrogen (secondary N) is 2. The number of thiazole rings is 1. The van der Waals surface area contributed by atoms with Crippen LogP contribution in [0.15, 0.2) is 72.5 Å². The molecule has 1 aliphatic heterocycles. The van der Waals surface area contributed by atoms with Crippen LogP contribution in [0.2, 0.25) is 0 Å². The highest BCUT2D eigenvalue weighted by Gasteiger charge is 2.18. The van der Waals surface area contributed by atoms with Crippen LogP contribution >= 0.6 is 11.3 Å². The topological polar surface area (TPSA) is 96.5 Å². The van der Waals surface area contributed by atoms with Crippen molar-refractivity contribution < 1.29 is 17.5 Å². The van der Waals surface area contributed by atoms with Gasteiger partial charge in [0.05, 0.1) is 29.9 Å². The Morgan fingerprint density at radius 1 is 1.10 bits per heavy atom. The van der Waals surface area contributed by atoms with Crippen LogP contribution in [0.3, 0.4) is 0 Å². The number of ether oxygens (including phenoxy) is 1. The number of nitrogens with zero attached hydrogens (tertiary/aromatic N) is 3. The number of fused-ring (bicyclic) bond motifs is 1. The van der Waals surface area contributed by atoms with E-state index in [0.717, 1.165) is 44.6 Å². The number of hydrogen-bond acceptors (Lipinski definition) is 9. The Hall–Kier alpha value is -3.80. The molecule has 2 aromatic carbocycles. The van der Waals surface area contributed by atoms with Gasteiger partial charge in [0, 0.05) is 53.9 Å². The summed E-state index contributed by atoms with van der Waals surface area (Å²) in [7, 11) is -2.99. The summed E-state index contributed by atoms with van der Waals surface area (Å²) in [4.78, 5) is 11.2. The van der Waals surface area contributed by atoms with Gasteiger partial charge in [0.2, 0.25) is 0 Å². The summed E-state index contributed by atoms with van der Waals surface area (Å²) in [6, 6.07) is 13.9. The van der Waals surface area contributed by atoms with Gasteiger partial charge in [-0.15, -0.1) is 11.3 Å². The van der Waals surface area contributed by atoms with E-state index in [1.807, 2.05) is 54.3 Å². The largest absolute Gasteiger partial charge is 0.489 e. The van der Waals surface area contributed by atoms with E-state index >= 15 is 0 Å². The molecular weight excluding hydrogens is 537 g/mol. The van der Waals surface area contributed by atoms with Gasteiger partial charge in [0.1, 0.15) is 28.0 Å². The standard InChI is InChI=1S/C28H28FN5O3S2/c1-39(35,36)13-11-30-15-24-19-38-28(33-24)34-12-10-21-14-31-16-27(26(21)17-34)32-23-6-8-25(9-7-23)37-18-20-2-4-22(29)5-3-20/h2-10,12,14,16,19,30,32H,11,13,15,17-18H2,1H3. The van der Waals surface area contributed by atoms with Gasteiger partial charge in [0.15, 0.2) is 5.13 Å². The first-order valence-electron chi connectivity index (χ1n) is 12.3. The Labute approximate surface area is 231 Å². The fraction of sp³-hybridized carbons (Fsp3) is 0.214. The zero-order chi connectivity index (χ0) is 27.2. The molecule has 11 heteroatoms.